The van der Waals surface area contributed by atoms with Crippen LogP contribution in [-0.2, 0) is 12.8 Å². The summed E-state index contributed by atoms with van der Waals surface area (Å²) in [5, 5.41) is 6.80. The quantitative estimate of drug-likeness (QED) is 0.315. The molecule has 0 saturated carbocycles. The fourth-order valence-electron chi connectivity index (χ4n) is 5.57. The fourth-order valence-corrected chi connectivity index (χ4v) is 5.57. The number of benzene rings is 3. The molecule has 6 rings (SSSR count). The van der Waals surface area contributed by atoms with Gasteiger partial charge in [-0.3, -0.25) is 9.78 Å². The lowest BCUT2D eigenvalue weighted by Crippen LogP contribution is -2.35. The number of nitrogens with zero attached hydrogens (tertiary/aromatic N) is 2. The summed E-state index contributed by atoms with van der Waals surface area (Å²) in [6, 6.07) is 26.1. The first-order valence-corrected chi connectivity index (χ1v) is 13.7. The number of pyridine rings is 1. The third-order valence-electron chi connectivity index (χ3n) is 7.71. The molecule has 2 aliphatic rings. The van der Waals surface area contributed by atoms with Gasteiger partial charge in [-0.05, 0) is 78.3 Å². The molecule has 0 bridgehead atoms. The molecule has 1 aromatic heterocycles. The molecular formula is C34H32N4O2. The Balaban J connectivity index is 1.36. The summed E-state index contributed by atoms with van der Waals surface area (Å²) < 4.78 is 5.59. The zero-order valence-corrected chi connectivity index (χ0v) is 22.7. The third-order valence-corrected chi connectivity index (χ3v) is 7.71. The average molecular weight is 529 g/mol. The van der Waals surface area contributed by atoms with E-state index in [1.54, 1.807) is 13.3 Å². The summed E-state index contributed by atoms with van der Waals surface area (Å²) in [6.45, 7) is 2.21. The first kappa shape index (κ1) is 25.6. The summed E-state index contributed by atoms with van der Waals surface area (Å²) in [6.07, 6.45) is 8.27. The lowest BCUT2D eigenvalue weighted by Gasteiger charge is -2.23. The van der Waals surface area contributed by atoms with E-state index in [1.165, 1.54) is 16.7 Å². The monoisotopic (exact) mass is 528 g/mol. The van der Waals surface area contributed by atoms with Crippen LogP contribution in [0.25, 0.3) is 5.70 Å². The van der Waals surface area contributed by atoms with Crippen molar-refractivity contribution in [2.45, 2.75) is 38.1 Å². The molecule has 1 atom stereocenters. The van der Waals surface area contributed by atoms with E-state index in [2.05, 4.69) is 58.9 Å². The van der Waals surface area contributed by atoms with Crippen molar-refractivity contribution < 1.29 is 9.53 Å². The second kappa shape index (κ2) is 11.2. The van der Waals surface area contributed by atoms with Crippen LogP contribution >= 0.6 is 0 Å². The van der Waals surface area contributed by atoms with E-state index in [1.807, 2.05) is 54.7 Å². The van der Waals surface area contributed by atoms with E-state index < -0.39 is 0 Å². The highest BCUT2D eigenvalue weighted by molar-refractivity contribution is 6.14. The van der Waals surface area contributed by atoms with Gasteiger partial charge in [0, 0.05) is 29.6 Å². The summed E-state index contributed by atoms with van der Waals surface area (Å²) >= 11 is 0. The van der Waals surface area contributed by atoms with Crippen LogP contribution in [0.15, 0.2) is 102 Å². The number of para-hydroxylation sites is 1. The van der Waals surface area contributed by atoms with Gasteiger partial charge in [-0.25, -0.2) is 4.99 Å². The summed E-state index contributed by atoms with van der Waals surface area (Å²) in [5.41, 5.74) is 7.76. The molecule has 2 heterocycles. The molecule has 0 radical (unpaired) electrons. The van der Waals surface area contributed by atoms with E-state index in [0.717, 1.165) is 41.8 Å². The maximum atomic E-state index is 13.6. The van der Waals surface area contributed by atoms with Gasteiger partial charge >= 0.3 is 0 Å². The standard InChI is InChI=1S/C34H32N4O2/c1-22-13-16-31(25-10-7-17-35-21-25)37-33(30-20-27(40-2)14-15-28(22)30)38-32-12-6-5-11-29(32)34(39)36-26-18-23-8-3-4-9-24(23)19-26/h3-12,14-17,20-22,26H,13,18-19H2,1-2H3,(H,36,39)(H,37,38). The SMILES string of the molecule is COc1ccc2c(c1)C(Nc1ccccc1C(=O)NC1Cc3ccccc3C1)=NC(c1cccnc1)=CCC2C. The summed E-state index contributed by atoms with van der Waals surface area (Å²) in [5.74, 6) is 1.56. The predicted octanol–water partition coefficient (Wildman–Crippen LogP) is 6.39. The number of hydrogen-bond donors (Lipinski definition) is 2. The van der Waals surface area contributed by atoms with Crippen LogP contribution in [0.4, 0.5) is 5.69 Å². The highest BCUT2D eigenvalue weighted by atomic mass is 16.5. The van der Waals surface area contributed by atoms with Crippen molar-refractivity contribution in [3.63, 3.8) is 0 Å². The number of aromatic nitrogens is 1. The average Bonchev–Trinajstić information content (AvgIpc) is 3.40. The number of nitrogens with one attached hydrogen (secondary N) is 2. The number of allylic oxidation sites excluding steroid dienone is 1. The molecule has 6 heteroatoms. The number of carbonyl (C=O) groups excluding carboxylic acids is 1. The molecule has 0 saturated heterocycles. The van der Waals surface area contributed by atoms with E-state index in [4.69, 9.17) is 9.73 Å². The second-order valence-corrected chi connectivity index (χ2v) is 10.4. The van der Waals surface area contributed by atoms with Crippen molar-refractivity contribution in [3.05, 3.63) is 131 Å². The Morgan fingerprint density at radius 3 is 2.48 bits per heavy atom. The zero-order chi connectivity index (χ0) is 27.5. The van der Waals surface area contributed by atoms with Crippen molar-refractivity contribution in [1.29, 1.82) is 0 Å². The zero-order valence-electron chi connectivity index (χ0n) is 22.7. The number of hydrogen-bond acceptors (Lipinski definition) is 5. The van der Waals surface area contributed by atoms with Crippen LogP contribution in [0.3, 0.4) is 0 Å². The minimum absolute atomic E-state index is 0.0719. The van der Waals surface area contributed by atoms with Crippen LogP contribution < -0.4 is 15.4 Å². The molecule has 0 fully saturated rings. The number of methoxy groups -OCH3 is 1. The number of aliphatic imine (C=N–C) groups is 1. The minimum Gasteiger partial charge on any atom is -0.497 e. The Kier molecular flexibility index (Phi) is 7.15. The molecule has 1 aliphatic heterocycles. The highest BCUT2D eigenvalue weighted by Gasteiger charge is 2.25. The van der Waals surface area contributed by atoms with Gasteiger partial charge in [0.2, 0.25) is 0 Å². The van der Waals surface area contributed by atoms with Crippen molar-refractivity contribution in [2.75, 3.05) is 12.4 Å². The predicted molar refractivity (Wildman–Crippen MR) is 160 cm³/mol. The lowest BCUT2D eigenvalue weighted by atomic mass is 9.90. The van der Waals surface area contributed by atoms with Crippen molar-refractivity contribution in [3.8, 4) is 5.75 Å². The van der Waals surface area contributed by atoms with Crippen molar-refractivity contribution in [1.82, 2.24) is 10.3 Å². The first-order valence-electron chi connectivity index (χ1n) is 13.7. The van der Waals surface area contributed by atoms with Crippen molar-refractivity contribution >= 4 is 23.1 Å². The summed E-state index contributed by atoms with van der Waals surface area (Å²) in [7, 11) is 1.67. The first-order chi connectivity index (χ1) is 19.6. The van der Waals surface area contributed by atoms with Gasteiger partial charge in [0.1, 0.15) is 11.6 Å². The Bertz CT molecular complexity index is 1580. The van der Waals surface area contributed by atoms with E-state index in [9.17, 15) is 4.79 Å². The topological polar surface area (TPSA) is 75.6 Å². The van der Waals surface area contributed by atoms with Gasteiger partial charge in [0.05, 0.1) is 24.1 Å². The molecule has 2 N–H and O–H groups in total. The van der Waals surface area contributed by atoms with Gasteiger partial charge in [0.15, 0.2) is 0 Å². The van der Waals surface area contributed by atoms with Crippen LogP contribution in [0.5, 0.6) is 5.75 Å². The van der Waals surface area contributed by atoms with Gasteiger partial charge in [-0.15, -0.1) is 0 Å². The van der Waals surface area contributed by atoms with Crippen LogP contribution in [0, 0.1) is 0 Å². The minimum atomic E-state index is -0.102. The molecule has 3 aromatic carbocycles. The highest BCUT2D eigenvalue weighted by Crippen LogP contribution is 2.33. The molecule has 6 nitrogen and oxygen atoms in total. The smallest absolute Gasteiger partial charge is 0.253 e. The molecule has 4 aromatic rings. The van der Waals surface area contributed by atoms with Crippen LogP contribution in [-0.4, -0.2) is 29.9 Å². The number of ether oxygens (including phenoxy) is 1. The molecule has 0 spiro atoms. The molecule has 1 unspecified atom stereocenters. The maximum absolute atomic E-state index is 13.6. The third kappa shape index (κ3) is 5.25. The van der Waals surface area contributed by atoms with E-state index >= 15 is 0 Å². The number of amidine groups is 1. The van der Waals surface area contributed by atoms with Gasteiger partial charge in [-0.2, -0.15) is 0 Å². The lowest BCUT2D eigenvalue weighted by molar-refractivity contribution is 0.0939. The molecule has 1 amide bonds. The normalized spacial score (nSPS) is 16.5. The fraction of sp³-hybridized carbons (Fsp3) is 0.206. The number of amides is 1. The second-order valence-electron chi connectivity index (χ2n) is 10.4. The largest absolute Gasteiger partial charge is 0.497 e. The van der Waals surface area contributed by atoms with E-state index in [-0.39, 0.29) is 17.9 Å². The Labute approximate surface area is 234 Å². The Hall–Kier alpha value is -4.71. The van der Waals surface area contributed by atoms with Crippen molar-refractivity contribution in [2.24, 2.45) is 4.99 Å². The van der Waals surface area contributed by atoms with Crippen LogP contribution in [0.2, 0.25) is 0 Å². The molecule has 40 heavy (non-hydrogen) atoms. The van der Waals surface area contributed by atoms with Gasteiger partial charge in [0.25, 0.3) is 5.91 Å². The number of fused-ring (bicyclic) bond motifs is 2. The molecule has 200 valence electrons. The molecular weight excluding hydrogens is 496 g/mol. The number of carbonyl (C=O) groups is 1. The summed E-state index contributed by atoms with van der Waals surface area (Å²) in [4.78, 5) is 23.0. The Morgan fingerprint density at radius 2 is 1.73 bits per heavy atom. The van der Waals surface area contributed by atoms with E-state index in [0.29, 0.717) is 17.1 Å². The number of anilines is 1. The Morgan fingerprint density at radius 1 is 0.950 bits per heavy atom. The number of rotatable bonds is 5. The maximum Gasteiger partial charge on any atom is 0.253 e. The van der Waals surface area contributed by atoms with Crippen LogP contribution in [0.1, 0.15) is 57.4 Å². The van der Waals surface area contributed by atoms with Gasteiger partial charge < -0.3 is 15.4 Å². The van der Waals surface area contributed by atoms with Gasteiger partial charge in [-0.1, -0.05) is 55.5 Å². The molecule has 1 aliphatic carbocycles.